The quantitative estimate of drug-likeness (QED) is 0.182. The normalized spacial score (nSPS) is 31.3. The summed E-state index contributed by atoms with van der Waals surface area (Å²) in [5.74, 6) is -0.0209. The van der Waals surface area contributed by atoms with Crippen LogP contribution in [0.2, 0.25) is 13.1 Å². The highest BCUT2D eigenvalue weighted by molar-refractivity contribution is 9.09. The molecule has 0 radical (unpaired) electrons. The first-order valence-corrected chi connectivity index (χ1v) is 21.8. The van der Waals surface area contributed by atoms with Gasteiger partial charge in [-0.3, -0.25) is 14.4 Å². The molecule has 2 aromatic carbocycles. The molecule has 14 heteroatoms. The Balaban J connectivity index is 0.000000263. The number of alkyl halides is 1. The Morgan fingerprint density at radius 1 is 0.889 bits per heavy atom. The van der Waals surface area contributed by atoms with E-state index in [1.165, 1.54) is 13.8 Å². The first kappa shape index (κ1) is 41.7. The van der Waals surface area contributed by atoms with E-state index in [0.29, 0.717) is 5.75 Å². The minimum Gasteiger partial charge on any atom is -0.463 e. The van der Waals surface area contributed by atoms with Crippen LogP contribution < -0.4 is 9.92 Å². The van der Waals surface area contributed by atoms with Crippen molar-refractivity contribution >= 4 is 52.5 Å². The molecule has 2 saturated heterocycles. The van der Waals surface area contributed by atoms with Crippen molar-refractivity contribution in [3.05, 3.63) is 88.2 Å². The van der Waals surface area contributed by atoms with Crippen LogP contribution in [0.4, 0.5) is 0 Å². The van der Waals surface area contributed by atoms with E-state index in [4.69, 9.17) is 23.7 Å². The highest BCUT2D eigenvalue weighted by Gasteiger charge is 2.46. The second kappa shape index (κ2) is 17.1. The van der Waals surface area contributed by atoms with Gasteiger partial charge in [0.25, 0.3) is 0 Å². The Labute approximate surface area is 324 Å². The van der Waals surface area contributed by atoms with Crippen LogP contribution in [0.25, 0.3) is 5.57 Å². The molecule has 12 nitrogen and oxygen atoms in total. The van der Waals surface area contributed by atoms with E-state index < -0.39 is 45.4 Å². The number of ketones is 1. The number of fused-ring (bicyclic) bond motifs is 2. The number of hydrogen-bond donors (Lipinski definition) is 4. The lowest BCUT2D eigenvalue weighted by molar-refractivity contribution is -0.277. The van der Waals surface area contributed by atoms with Crippen LogP contribution in [-0.2, 0) is 33.3 Å². The van der Waals surface area contributed by atoms with Gasteiger partial charge in [0.05, 0.1) is 12.7 Å². The molecule has 0 saturated carbocycles. The molecule has 0 amide bonds. The first-order chi connectivity index (χ1) is 25.5. The smallest absolute Gasteiger partial charge is 0.303 e. The van der Waals surface area contributed by atoms with Gasteiger partial charge in [-0.15, -0.1) is 0 Å². The molecule has 3 aliphatic heterocycles. The number of carbonyl (C=O) groups excluding carboxylic acids is 3. The van der Waals surface area contributed by atoms with Gasteiger partial charge >= 0.3 is 11.9 Å². The number of benzene rings is 2. The van der Waals surface area contributed by atoms with E-state index in [1.54, 1.807) is 18.2 Å². The van der Waals surface area contributed by atoms with Gasteiger partial charge in [0.1, 0.15) is 56.0 Å². The van der Waals surface area contributed by atoms with Crippen molar-refractivity contribution in [2.24, 2.45) is 11.8 Å². The van der Waals surface area contributed by atoms with Crippen LogP contribution >= 0.6 is 15.9 Å². The molecule has 292 valence electrons. The summed E-state index contributed by atoms with van der Waals surface area (Å²) in [5, 5.41) is 41.9. The Morgan fingerprint density at radius 3 is 2.24 bits per heavy atom. The fourth-order valence-corrected chi connectivity index (χ4v) is 11.2. The second-order valence-electron chi connectivity index (χ2n) is 14.7. The Kier molecular flexibility index (Phi) is 13.2. The van der Waals surface area contributed by atoms with E-state index in [0.717, 1.165) is 38.2 Å². The maximum Gasteiger partial charge on any atom is 0.303 e. The molecule has 0 unspecified atom stereocenters. The number of esters is 2. The molecule has 2 aromatic rings. The van der Waals surface area contributed by atoms with Crippen molar-refractivity contribution in [3.63, 3.8) is 0 Å². The minimum absolute atomic E-state index is 0.0318. The molecule has 0 aromatic heterocycles. The molecular formula is C40H49BrO12Si. The SMILES string of the molecule is CC(=O)OC[C@H]1O[C@H](Br)[C@H](OC(C)=O)[C@@H](C)[C@H]1C.Cc1ccccc1C1=C2C=CC(=O)C=C2[Si](C)(C)c2cc(O[C@@H]3O[C@H](CO)[C@H](O)[C@H](O)[C@H]3O)ccc21. The number of carbonyl (C=O) groups is 3. The molecule has 0 spiro atoms. The topological polar surface area (TPSA) is 178 Å². The summed E-state index contributed by atoms with van der Waals surface area (Å²) in [6, 6.07) is 13.8. The Hall–Kier alpha value is -3.47. The van der Waals surface area contributed by atoms with Crippen molar-refractivity contribution in [3.8, 4) is 5.75 Å². The van der Waals surface area contributed by atoms with Crippen molar-refractivity contribution < 1.29 is 58.5 Å². The van der Waals surface area contributed by atoms with Gasteiger partial charge in [0, 0.05) is 19.8 Å². The van der Waals surface area contributed by atoms with E-state index in [-0.39, 0.29) is 53.4 Å². The molecule has 0 bridgehead atoms. The lowest BCUT2D eigenvalue weighted by atomic mass is 9.84. The van der Waals surface area contributed by atoms with E-state index in [9.17, 15) is 34.8 Å². The Morgan fingerprint density at radius 2 is 1.59 bits per heavy atom. The van der Waals surface area contributed by atoms with Crippen molar-refractivity contribution in [2.75, 3.05) is 13.2 Å². The summed E-state index contributed by atoms with van der Waals surface area (Å²) in [4.78, 5) is 34.3. The predicted octanol–water partition coefficient (Wildman–Crippen LogP) is 3.38. The third kappa shape index (κ3) is 8.66. The van der Waals surface area contributed by atoms with E-state index in [2.05, 4.69) is 48.1 Å². The van der Waals surface area contributed by atoms with Gasteiger partial charge < -0.3 is 44.1 Å². The summed E-state index contributed by atoms with van der Waals surface area (Å²) in [6.07, 6.45) is -2.04. The van der Waals surface area contributed by atoms with Gasteiger partial charge in [-0.25, -0.2) is 0 Å². The van der Waals surface area contributed by atoms with Gasteiger partial charge in [0.2, 0.25) is 6.29 Å². The number of rotatable bonds is 7. The molecule has 2 fully saturated rings. The summed E-state index contributed by atoms with van der Waals surface area (Å²) in [6.45, 7) is 12.9. The number of halogens is 1. The average molecular weight is 830 g/mol. The van der Waals surface area contributed by atoms with Crippen molar-refractivity contribution in [2.45, 2.75) is 95.6 Å². The molecule has 6 rings (SSSR count). The minimum atomic E-state index is -2.35. The average Bonchev–Trinajstić information content (AvgIpc) is 3.12. The van der Waals surface area contributed by atoms with Gasteiger partial charge in [-0.1, -0.05) is 79.3 Å². The van der Waals surface area contributed by atoms with Crippen LogP contribution in [0.15, 0.2) is 71.5 Å². The standard InChI is InChI=1S/C28H30O7Si.C12H19BrO5/c1-15-6-4-5-7-18(15)24-19-10-8-16(30)12-22(19)36(2,3)23-13-17(9-11-20(23)24)34-28-27(33)26(32)25(31)21(14-29)35-28;1-6-7(2)11(17-9(4)15)12(13)18-10(6)5-16-8(3)14/h4-13,21,25-29,31-33H,14H2,1-3H3;6-7,10-12H,5H2,1-4H3/t21-,25+,26+,27-,28-;6-,7+,10-,11-,12+/m11/s1. The summed E-state index contributed by atoms with van der Waals surface area (Å²) in [7, 11) is -2.35. The van der Waals surface area contributed by atoms with Crippen LogP contribution in [0.3, 0.4) is 0 Å². The van der Waals surface area contributed by atoms with Crippen LogP contribution in [-0.4, -0.2) is 107 Å². The summed E-state index contributed by atoms with van der Waals surface area (Å²) >= 11 is 3.36. The highest BCUT2D eigenvalue weighted by atomic mass is 79.9. The zero-order valence-electron chi connectivity index (χ0n) is 31.4. The lowest BCUT2D eigenvalue weighted by Crippen LogP contribution is -2.60. The second-order valence-corrected chi connectivity index (χ2v) is 19.9. The van der Waals surface area contributed by atoms with Gasteiger partial charge in [-0.2, -0.15) is 0 Å². The fraction of sp³-hybridized carbons (Fsp3) is 0.475. The zero-order valence-corrected chi connectivity index (χ0v) is 34.0. The van der Waals surface area contributed by atoms with Crippen LogP contribution in [0.5, 0.6) is 5.75 Å². The van der Waals surface area contributed by atoms with Crippen LogP contribution in [0.1, 0.15) is 44.4 Å². The predicted molar refractivity (Wildman–Crippen MR) is 205 cm³/mol. The molecule has 54 heavy (non-hydrogen) atoms. The molecule has 3 heterocycles. The first-order valence-electron chi connectivity index (χ1n) is 17.9. The zero-order chi connectivity index (χ0) is 39.6. The van der Waals surface area contributed by atoms with Crippen LogP contribution in [0, 0.1) is 18.8 Å². The fourth-order valence-electron chi connectivity index (χ4n) is 7.31. The maximum absolute atomic E-state index is 12.4. The number of aliphatic hydroxyl groups excluding tert-OH is 4. The number of allylic oxidation sites excluding steroid dienone is 5. The van der Waals surface area contributed by atoms with Gasteiger partial charge in [0.15, 0.2) is 5.78 Å². The molecule has 4 N–H and O–H groups in total. The monoisotopic (exact) mass is 828 g/mol. The number of hydrogen-bond acceptors (Lipinski definition) is 12. The third-order valence-electron chi connectivity index (χ3n) is 10.6. The summed E-state index contributed by atoms with van der Waals surface area (Å²) in [5.41, 5.74) is 5.40. The molecular weight excluding hydrogens is 780 g/mol. The number of ether oxygens (including phenoxy) is 5. The Bertz CT molecular complexity index is 1830. The van der Waals surface area contributed by atoms with Crippen molar-refractivity contribution in [1.29, 1.82) is 0 Å². The number of aliphatic hydroxyl groups is 4. The maximum atomic E-state index is 12.4. The molecule has 1 aliphatic carbocycles. The molecule has 10 atom stereocenters. The third-order valence-corrected chi connectivity index (χ3v) is 14.9. The summed E-state index contributed by atoms with van der Waals surface area (Å²) < 4.78 is 27.4. The number of aryl methyl sites for hydroxylation is 1. The van der Waals surface area contributed by atoms with Crippen molar-refractivity contribution in [1.82, 2.24) is 0 Å². The lowest BCUT2D eigenvalue weighted by Gasteiger charge is -2.41. The largest absolute Gasteiger partial charge is 0.463 e. The van der Waals surface area contributed by atoms with E-state index in [1.807, 2.05) is 44.2 Å². The highest BCUT2D eigenvalue weighted by Crippen LogP contribution is 2.43. The van der Waals surface area contributed by atoms with Gasteiger partial charge in [-0.05, 0) is 75.3 Å². The van der Waals surface area contributed by atoms with E-state index >= 15 is 0 Å². The molecule has 4 aliphatic rings.